The van der Waals surface area contributed by atoms with Gasteiger partial charge >= 0.3 is 0 Å². The first-order chi connectivity index (χ1) is 12.8. The van der Waals surface area contributed by atoms with Crippen LogP contribution in [-0.2, 0) is 6.54 Å². The number of benzene rings is 1. The van der Waals surface area contributed by atoms with Crippen LogP contribution in [0, 0.1) is 5.92 Å². The standard InChI is InChI=1S/C20H30N6/c1-21-20(23-13-5-8-17-6-3-2-4-7-17)24-14-18-9-11-19(12-10-18)26-16-22-15-25-26/h9-12,15-17H,2-8,13-14H2,1H3,(H2,21,23,24). The quantitative estimate of drug-likeness (QED) is 0.455. The maximum Gasteiger partial charge on any atom is 0.191 e. The summed E-state index contributed by atoms with van der Waals surface area (Å²) < 4.78 is 1.75. The Morgan fingerprint density at radius 2 is 1.96 bits per heavy atom. The second-order valence-corrected chi connectivity index (χ2v) is 7.01. The molecular weight excluding hydrogens is 324 g/mol. The first-order valence-electron chi connectivity index (χ1n) is 9.73. The summed E-state index contributed by atoms with van der Waals surface area (Å²) in [6.07, 6.45) is 13.0. The first-order valence-corrected chi connectivity index (χ1v) is 9.73. The Hall–Kier alpha value is -2.37. The van der Waals surface area contributed by atoms with Crippen LogP contribution in [0.2, 0.25) is 0 Å². The van der Waals surface area contributed by atoms with E-state index in [0.717, 1.165) is 30.7 Å². The summed E-state index contributed by atoms with van der Waals surface area (Å²) >= 11 is 0. The molecule has 140 valence electrons. The van der Waals surface area contributed by atoms with Gasteiger partial charge in [-0.25, -0.2) is 9.67 Å². The molecule has 0 atom stereocenters. The average Bonchev–Trinajstić information content (AvgIpc) is 3.23. The molecule has 2 N–H and O–H groups in total. The summed E-state index contributed by atoms with van der Waals surface area (Å²) in [5.74, 6) is 1.82. The zero-order chi connectivity index (χ0) is 18.0. The smallest absolute Gasteiger partial charge is 0.191 e. The molecule has 0 amide bonds. The summed E-state index contributed by atoms with van der Waals surface area (Å²) in [5, 5.41) is 11.0. The fourth-order valence-corrected chi connectivity index (χ4v) is 3.59. The summed E-state index contributed by atoms with van der Waals surface area (Å²) in [6.45, 7) is 1.74. The van der Waals surface area contributed by atoms with E-state index in [1.54, 1.807) is 17.3 Å². The number of aliphatic imine (C=N–C) groups is 1. The Kier molecular flexibility index (Phi) is 7.05. The Morgan fingerprint density at radius 1 is 1.15 bits per heavy atom. The van der Waals surface area contributed by atoms with E-state index in [2.05, 4.69) is 37.8 Å². The Balaban J connectivity index is 1.37. The first kappa shape index (κ1) is 18.4. The second kappa shape index (κ2) is 9.94. The highest BCUT2D eigenvalue weighted by atomic mass is 15.3. The SMILES string of the molecule is CN=C(NCCCC1CCCCC1)NCc1ccc(-n2cncn2)cc1. The van der Waals surface area contributed by atoms with E-state index in [4.69, 9.17) is 0 Å². The largest absolute Gasteiger partial charge is 0.356 e. The molecule has 2 aromatic rings. The van der Waals surface area contributed by atoms with Crippen LogP contribution >= 0.6 is 0 Å². The van der Waals surface area contributed by atoms with Crippen LogP contribution in [-0.4, -0.2) is 34.3 Å². The summed E-state index contributed by atoms with van der Waals surface area (Å²) in [5.41, 5.74) is 2.22. The van der Waals surface area contributed by atoms with Crippen molar-refractivity contribution in [1.29, 1.82) is 0 Å². The molecule has 1 heterocycles. The summed E-state index contributed by atoms with van der Waals surface area (Å²) in [4.78, 5) is 8.29. The normalized spacial score (nSPS) is 15.8. The molecule has 0 saturated heterocycles. The van der Waals surface area contributed by atoms with Gasteiger partial charge in [0, 0.05) is 20.1 Å². The number of nitrogens with one attached hydrogen (secondary N) is 2. The third-order valence-corrected chi connectivity index (χ3v) is 5.11. The highest BCUT2D eigenvalue weighted by Crippen LogP contribution is 2.26. The number of aromatic nitrogens is 3. The minimum absolute atomic E-state index is 0.750. The van der Waals surface area contributed by atoms with Gasteiger partial charge in [-0.2, -0.15) is 5.10 Å². The number of hydrogen-bond donors (Lipinski definition) is 2. The minimum atomic E-state index is 0.750. The van der Waals surface area contributed by atoms with Gasteiger partial charge in [-0.15, -0.1) is 0 Å². The molecular formula is C20H30N6. The Morgan fingerprint density at radius 3 is 2.65 bits per heavy atom. The molecule has 0 aliphatic heterocycles. The van der Waals surface area contributed by atoms with Crippen molar-refractivity contribution in [2.24, 2.45) is 10.9 Å². The van der Waals surface area contributed by atoms with E-state index in [1.165, 1.54) is 50.5 Å². The molecule has 3 rings (SSSR count). The van der Waals surface area contributed by atoms with Gasteiger partial charge in [0.2, 0.25) is 0 Å². The molecule has 0 spiro atoms. The van der Waals surface area contributed by atoms with Crippen molar-refractivity contribution in [1.82, 2.24) is 25.4 Å². The molecule has 0 bridgehead atoms. The van der Waals surface area contributed by atoms with Crippen molar-refractivity contribution >= 4 is 5.96 Å². The summed E-state index contributed by atoms with van der Waals surface area (Å²) in [7, 11) is 1.82. The van der Waals surface area contributed by atoms with Crippen LogP contribution in [0.5, 0.6) is 0 Å². The Bertz CT molecular complexity index is 656. The van der Waals surface area contributed by atoms with Gasteiger partial charge in [0.25, 0.3) is 0 Å². The third kappa shape index (κ3) is 5.58. The lowest BCUT2D eigenvalue weighted by Gasteiger charge is -2.21. The number of rotatable bonds is 7. The number of guanidine groups is 1. The van der Waals surface area contributed by atoms with Gasteiger partial charge in [0.1, 0.15) is 12.7 Å². The highest BCUT2D eigenvalue weighted by Gasteiger charge is 2.12. The zero-order valence-corrected chi connectivity index (χ0v) is 15.7. The molecule has 6 heteroatoms. The maximum atomic E-state index is 4.32. The summed E-state index contributed by atoms with van der Waals surface area (Å²) in [6, 6.07) is 8.29. The van der Waals surface area contributed by atoms with E-state index in [-0.39, 0.29) is 0 Å². The molecule has 1 aliphatic rings. The van der Waals surface area contributed by atoms with Crippen molar-refractivity contribution in [3.8, 4) is 5.69 Å². The maximum absolute atomic E-state index is 4.32. The van der Waals surface area contributed by atoms with Crippen molar-refractivity contribution in [2.45, 2.75) is 51.5 Å². The molecule has 0 radical (unpaired) electrons. The van der Waals surface area contributed by atoms with Crippen molar-refractivity contribution < 1.29 is 0 Å². The lowest BCUT2D eigenvalue weighted by molar-refractivity contribution is 0.332. The molecule has 1 saturated carbocycles. The van der Waals surface area contributed by atoms with Gasteiger partial charge in [-0.1, -0.05) is 44.2 Å². The van der Waals surface area contributed by atoms with E-state index in [0.29, 0.717) is 0 Å². The van der Waals surface area contributed by atoms with Gasteiger partial charge < -0.3 is 10.6 Å². The lowest BCUT2D eigenvalue weighted by Crippen LogP contribution is -2.37. The van der Waals surface area contributed by atoms with Crippen LogP contribution in [0.1, 0.15) is 50.5 Å². The van der Waals surface area contributed by atoms with Crippen LogP contribution in [0.3, 0.4) is 0 Å². The number of hydrogen-bond acceptors (Lipinski definition) is 3. The van der Waals surface area contributed by atoms with Crippen molar-refractivity contribution in [3.05, 3.63) is 42.5 Å². The molecule has 26 heavy (non-hydrogen) atoms. The topological polar surface area (TPSA) is 67.1 Å². The van der Waals surface area contributed by atoms with Gasteiger partial charge in [-0.3, -0.25) is 4.99 Å². The molecule has 1 aromatic carbocycles. The number of nitrogens with zero attached hydrogens (tertiary/aromatic N) is 4. The highest BCUT2D eigenvalue weighted by molar-refractivity contribution is 5.79. The van der Waals surface area contributed by atoms with E-state index < -0.39 is 0 Å². The van der Waals surface area contributed by atoms with E-state index >= 15 is 0 Å². The lowest BCUT2D eigenvalue weighted by atomic mass is 9.86. The van der Waals surface area contributed by atoms with Crippen molar-refractivity contribution in [3.63, 3.8) is 0 Å². The van der Waals surface area contributed by atoms with Gasteiger partial charge in [0.15, 0.2) is 5.96 Å². The van der Waals surface area contributed by atoms with Crippen molar-refractivity contribution in [2.75, 3.05) is 13.6 Å². The predicted octanol–water partition coefficient (Wildman–Crippen LogP) is 3.29. The molecule has 0 unspecified atom stereocenters. The van der Waals surface area contributed by atoms with Gasteiger partial charge in [0.05, 0.1) is 5.69 Å². The van der Waals surface area contributed by atoms with E-state index in [9.17, 15) is 0 Å². The molecule has 1 aliphatic carbocycles. The Labute approximate surface area is 156 Å². The van der Waals surface area contributed by atoms with Crippen LogP contribution in [0.25, 0.3) is 5.69 Å². The van der Waals surface area contributed by atoms with Gasteiger partial charge in [-0.05, 0) is 36.5 Å². The zero-order valence-electron chi connectivity index (χ0n) is 15.7. The predicted molar refractivity (Wildman–Crippen MR) is 105 cm³/mol. The van der Waals surface area contributed by atoms with Crippen LogP contribution in [0.4, 0.5) is 0 Å². The fraction of sp³-hybridized carbons (Fsp3) is 0.550. The third-order valence-electron chi connectivity index (χ3n) is 5.11. The molecule has 6 nitrogen and oxygen atoms in total. The minimum Gasteiger partial charge on any atom is -0.356 e. The van der Waals surface area contributed by atoms with Crippen LogP contribution < -0.4 is 10.6 Å². The molecule has 1 aromatic heterocycles. The van der Waals surface area contributed by atoms with E-state index in [1.807, 2.05) is 19.2 Å². The fourth-order valence-electron chi connectivity index (χ4n) is 3.59. The monoisotopic (exact) mass is 354 g/mol. The molecule has 1 fully saturated rings. The average molecular weight is 355 g/mol. The second-order valence-electron chi connectivity index (χ2n) is 7.01. The van der Waals surface area contributed by atoms with Crippen LogP contribution in [0.15, 0.2) is 41.9 Å².